The van der Waals surface area contributed by atoms with E-state index < -0.39 is 17.9 Å². The molecule has 1 atom stereocenters. The number of ether oxygens (including phenoxy) is 2. The Morgan fingerprint density at radius 1 is 1.14 bits per heavy atom. The molecule has 3 N–H and O–H groups in total. The van der Waals surface area contributed by atoms with Gasteiger partial charge in [-0.15, -0.1) is 0 Å². The quantitative estimate of drug-likeness (QED) is 0.319. The molecule has 0 spiro atoms. The molecule has 4 bridgehead atoms. The van der Waals surface area contributed by atoms with Crippen molar-refractivity contribution in [1.82, 2.24) is 35.7 Å². The van der Waals surface area contributed by atoms with E-state index in [0.717, 1.165) is 0 Å². The first-order valence-corrected chi connectivity index (χ1v) is 14.3. The Morgan fingerprint density at radius 2 is 1.98 bits per heavy atom. The van der Waals surface area contributed by atoms with E-state index in [-0.39, 0.29) is 43.8 Å². The molecule has 0 fully saturated rings. The summed E-state index contributed by atoms with van der Waals surface area (Å²) in [5.74, 6) is 0.423. The monoisotopic (exact) mass is 601 g/mol. The van der Waals surface area contributed by atoms with Gasteiger partial charge in [-0.3, -0.25) is 24.5 Å². The normalized spacial score (nSPS) is 16.4. The Balaban J connectivity index is 1.42. The van der Waals surface area contributed by atoms with Crippen molar-refractivity contribution in [2.75, 3.05) is 26.8 Å². The molecular weight excluding hydrogens is 566 g/mol. The number of pyridine rings is 1. The van der Waals surface area contributed by atoms with Gasteiger partial charge in [0, 0.05) is 18.3 Å². The van der Waals surface area contributed by atoms with Gasteiger partial charge in [0.2, 0.25) is 17.7 Å². The average Bonchev–Trinajstić information content (AvgIpc) is 3.67. The maximum atomic E-state index is 13.6. The SMILES string of the molecule is COc1ccc2cc1OCCCN(C(=O)c1cc(-c3ccccn3)n[nH]1)CC(=O)N[C@@H](C(C)C)C(=O)NCc1nc-2oc1C. The third-order valence-electron chi connectivity index (χ3n) is 7.19. The summed E-state index contributed by atoms with van der Waals surface area (Å²) in [6.45, 7) is 5.68. The molecule has 0 saturated carbocycles. The Morgan fingerprint density at radius 3 is 2.73 bits per heavy atom. The third-order valence-corrected chi connectivity index (χ3v) is 7.19. The first-order valence-electron chi connectivity index (χ1n) is 14.3. The van der Waals surface area contributed by atoms with Crippen LogP contribution in [0.5, 0.6) is 11.5 Å². The number of aromatic nitrogens is 4. The number of amides is 3. The number of fused-ring (bicyclic) bond motifs is 5. The van der Waals surface area contributed by atoms with Crippen molar-refractivity contribution in [3.8, 4) is 34.3 Å². The molecule has 4 heterocycles. The van der Waals surface area contributed by atoms with Gasteiger partial charge < -0.3 is 29.4 Å². The largest absolute Gasteiger partial charge is 0.493 e. The zero-order valence-electron chi connectivity index (χ0n) is 25.0. The molecule has 13 nitrogen and oxygen atoms in total. The van der Waals surface area contributed by atoms with Gasteiger partial charge in [0.25, 0.3) is 5.91 Å². The minimum Gasteiger partial charge on any atom is -0.493 e. The highest BCUT2D eigenvalue weighted by molar-refractivity contribution is 5.96. The van der Waals surface area contributed by atoms with Crippen LogP contribution in [0, 0.1) is 12.8 Å². The van der Waals surface area contributed by atoms with Crippen molar-refractivity contribution in [2.45, 2.75) is 39.8 Å². The summed E-state index contributed by atoms with van der Waals surface area (Å²) < 4.78 is 17.4. The number of aryl methyl sites for hydroxylation is 1. The summed E-state index contributed by atoms with van der Waals surface area (Å²) in [4.78, 5) is 50.4. The van der Waals surface area contributed by atoms with Gasteiger partial charge in [-0.05, 0) is 55.7 Å². The molecule has 3 aromatic heterocycles. The van der Waals surface area contributed by atoms with E-state index >= 15 is 0 Å². The van der Waals surface area contributed by atoms with E-state index in [4.69, 9.17) is 13.9 Å². The van der Waals surface area contributed by atoms with Crippen LogP contribution in [0.15, 0.2) is 53.1 Å². The van der Waals surface area contributed by atoms with Crippen molar-refractivity contribution in [3.63, 3.8) is 0 Å². The number of H-pyrrole nitrogens is 1. The van der Waals surface area contributed by atoms with Crippen molar-refractivity contribution in [2.24, 2.45) is 5.92 Å². The fourth-order valence-corrected chi connectivity index (χ4v) is 4.78. The number of hydrogen-bond acceptors (Lipinski definition) is 9. The Bertz CT molecular complexity index is 1630. The number of nitrogens with one attached hydrogen (secondary N) is 3. The number of methoxy groups -OCH3 is 1. The van der Waals surface area contributed by atoms with Crippen LogP contribution in [0.1, 0.15) is 42.2 Å². The molecule has 0 saturated heterocycles. The highest BCUT2D eigenvalue weighted by Crippen LogP contribution is 2.33. The van der Waals surface area contributed by atoms with Crippen LogP contribution in [0.3, 0.4) is 0 Å². The molecule has 0 radical (unpaired) electrons. The minimum atomic E-state index is -0.833. The van der Waals surface area contributed by atoms with E-state index in [1.165, 1.54) is 4.90 Å². The second-order valence-electron chi connectivity index (χ2n) is 10.7. The topological polar surface area (TPSA) is 165 Å². The molecule has 0 unspecified atom stereocenters. The van der Waals surface area contributed by atoms with E-state index in [9.17, 15) is 14.4 Å². The van der Waals surface area contributed by atoms with E-state index in [0.29, 0.717) is 52.2 Å². The van der Waals surface area contributed by atoms with Crippen LogP contribution in [-0.4, -0.2) is 75.6 Å². The van der Waals surface area contributed by atoms with Crippen LogP contribution >= 0.6 is 0 Å². The summed E-state index contributed by atoms with van der Waals surface area (Å²) >= 11 is 0. The molecule has 1 aliphatic heterocycles. The standard InChI is InChI=1S/C31H35N7O6/c1-18(2)28-29(40)33-16-24-19(3)44-30(34-24)20-9-10-25(42-4)26(14-20)43-13-7-12-38(17-27(39)35-28)31(41)23-15-22(36-37-23)21-8-5-6-11-32-21/h5-6,8-11,14-15,18,28H,7,12-13,16-17H2,1-4H3,(H,33,40)(H,35,39)(H,36,37)/t28-/m0/s1. The summed E-state index contributed by atoms with van der Waals surface area (Å²) in [6.07, 6.45) is 2.03. The molecular formula is C31H35N7O6. The van der Waals surface area contributed by atoms with Crippen molar-refractivity contribution in [1.29, 1.82) is 0 Å². The second kappa shape index (κ2) is 13.4. The van der Waals surface area contributed by atoms with Crippen LogP contribution in [0.25, 0.3) is 22.8 Å². The molecule has 5 rings (SSSR count). The van der Waals surface area contributed by atoms with Gasteiger partial charge in [0.1, 0.15) is 28.9 Å². The zero-order valence-corrected chi connectivity index (χ0v) is 25.0. The van der Waals surface area contributed by atoms with Crippen LogP contribution in [-0.2, 0) is 16.1 Å². The molecule has 3 amide bonds. The summed E-state index contributed by atoms with van der Waals surface area (Å²) in [6, 6.07) is 11.5. The molecule has 1 aliphatic rings. The summed E-state index contributed by atoms with van der Waals surface area (Å²) in [7, 11) is 1.55. The number of rotatable bonds is 4. The zero-order chi connectivity index (χ0) is 31.2. The van der Waals surface area contributed by atoms with Gasteiger partial charge in [0.15, 0.2) is 11.5 Å². The number of carbonyl (C=O) groups excluding carboxylic acids is 3. The maximum absolute atomic E-state index is 13.6. The van der Waals surface area contributed by atoms with Crippen molar-refractivity contribution in [3.05, 3.63) is 65.8 Å². The first-order chi connectivity index (χ1) is 21.2. The molecule has 0 aliphatic carbocycles. The lowest BCUT2D eigenvalue weighted by Gasteiger charge is -2.25. The maximum Gasteiger partial charge on any atom is 0.272 e. The number of carbonyl (C=O) groups is 3. The van der Waals surface area contributed by atoms with Crippen molar-refractivity contribution >= 4 is 17.7 Å². The van der Waals surface area contributed by atoms with E-state index in [2.05, 4.69) is 30.8 Å². The predicted octanol–water partition coefficient (Wildman–Crippen LogP) is 3.13. The van der Waals surface area contributed by atoms with E-state index in [1.807, 2.05) is 26.0 Å². The van der Waals surface area contributed by atoms with Crippen LogP contribution < -0.4 is 20.1 Å². The Hall–Kier alpha value is -5.20. The number of nitrogens with zero attached hydrogens (tertiary/aromatic N) is 4. The molecule has 4 aromatic rings. The highest BCUT2D eigenvalue weighted by atomic mass is 16.5. The van der Waals surface area contributed by atoms with Gasteiger partial charge in [-0.1, -0.05) is 19.9 Å². The molecule has 230 valence electrons. The van der Waals surface area contributed by atoms with Gasteiger partial charge in [-0.25, -0.2) is 4.98 Å². The van der Waals surface area contributed by atoms with Gasteiger partial charge in [0.05, 0.1) is 32.5 Å². The van der Waals surface area contributed by atoms with Crippen LogP contribution in [0.2, 0.25) is 0 Å². The first kappa shape index (κ1) is 30.3. The predicted molar refractivity (Wildman–Crippen MR) is 160 cm³/mol. The highest BCUT2D eigenvalue weighted by Gasteiger charge is 2.28. The molecule has 44 heavy (non-hydrogen) atoms. The third kappa shape index (κ3) is 6.88. The minimum absolute atomic E-state index is 0.107. The number of benzene rings is 1. The van der Waals surface area contributed by atoms with Crippen molar-refractivity contribution < 1.29 is 28.3 Å². The molecule has 1 aromatic carbocycles. The van der Waals surface area contributed by atoms with Crippen LogP contribution in [0.4, 0.5) is 0 Å². The van der Waals surface area contributed by atoms with E-state index in [1.54, 1.807) is 50.6 Å². The average molecular weight is 602 g/mol. The number of hydrogen-bond donors (Lipinski definition) is 3. The smallest absolute Gasteiger partial charge is 0.272 e. The fourth-order valence-electron chi connectivity index (χ4n) is 4.78. The second-order valence-corrected chi connectivity index (χ2v) is 10.7. The molecule has 13 heteroatoms. The Kier molecular flexibility index (Phi) is 9.22. The Labute approximate surface area is 254 Å². The lowest BCUT2D eigenvalue weighted by molar-refractivity contribution is -0.130. The summed E-state index contributed by atoms with van der Waals surface area (Å²) in [5, 5.41) is 12.7. The fraction of sp³-hybridized carbons (Fsp3) is 0.355. The lowest BCUT2D eigenvalue weighted by Crippen LogP contribution is -2.52. The lowest BCUT2D eigenvalue weighted by atomic mass is 10.0. The number of aromatic amines is 1. The number of oxazole rings is 1. The van der Waals surface area contributed by atoms with Gasteiger partial charge in [-0.2, -0.15) is 5.10 Å². The summed E-state index contributed by atoms with van der Waals surface area (Å²) in [5.41, 5.74) is 2.54. The van der Waals surface area contributed by atoms with Gasteiger partial charge >= 0.3 is 0 Å².